The Morgan fingerprint density at radius 1 is 1.19 bits per heavy atom. The first-order chi connectivity index (χ1) is 17.2. The number of ketones is 1. The van der Waals surface area contributed by atoms with Crippen molar-refractivity contribution in [1.82, 2.24) is 15.3 Å². The van der Waals surface area contributed by atoms with Crippen LogP contribution in [0, 0.1) is 12.3 Å². The van der Waals surface area contributed by atoms with Gasteiger partial charge in [-0.25, -0.2) is 4.98 Å². The molecule has 0 fully saturated rings. The number of aryl methyl sites for hydroxylation is 1. The predicted octanol–water partition coefficient (Wildman–Crippen LogP) is 4.28. The zero-order valence-electron chi connectivity index (χ0n) is 20.4. The standard InChI is InChI=1S/C27H28N4O4S/c1-15-6-8-16(9-7-15)21-22-18(11-27(2,3)12-19(22)32)29-24-23(21)25(34)31-26(30-24)36-14-20(33)28-13-17-5-4-10-35-17/h4-10,21H,11-14H2,1-3H3,(H,28,33)(H2,29,30,31,34)/t21-/m1/s1. The Morgan fingerprint density at radius 2 is 1.97 bits per heavy atom. The van der Waals surface area contributed by atoms with Crippen molar-refractivity contribution < 1.29 is 14.0 Å². The van der Waals surface area contributed by atoms with Crippen LogP contribution in [0.4, 0.5) is 5.82 Å². The van der Waals surface area contributed by atoms with Gasteiger partial charge in [0.25, 0.3) is 5.56 Å². The minimum absolute atomic E-state index is 0.0519. The molecule has 8 nitrogen and oxygen atoms in total. The van der Waals surface area contributed by atoms with Gasteiger partial charge in [0.05, 0.1) is 24.1 Å². The number of carbonyl (C=O) groups excluding carboxylic acids is 2. The predicted molar refractivity (Wildman–Crippen MR) is 138 cm³/mol. The number of Topliss-reactive ketones (excluding diaryl/α,β-unsaturated/α-hetero) is 1. The van der Waals surface area contributed by atoms with Crippen molar-refractivity contribution in [1.29, 1.82) is 0 Å². The summed E-state index contributed by atoms with van der Waals surface area (Å²) >= 11 is 1.15. The van der Waals surface area contributed by atoms with E-state index in [1.807, 2.05) is 31.2 Å². The molecule has 3 heterocycles. The number of allylic oxidation sites excluding steroid dienone is 2. The molecular formula is C27H28N4O4S. The van der Waals surface area contributed by atoms with Crippen molar-refractivity contribution in [2.24, 2.45) is 5.41 Å². The fraction of sp³-hybridized carbons (Fsp3) is 0.333. The Kier molecular flexibility index (Phi) is 6.34. The minimum Gasteiger partial charge on any atom is -0.467 e. The molecule has 0 radical (unpaired) electrons. The molecule has 1 amide bonds. The first-order valence-electron chi connectivity index (χ1n) is 11.9. The Labute approximate surface area is 213 Å². The summed E-state index contributed by atoms with van der Waals surface area (Å²) in [6, 6.07) is 11.5. The third-order valence-electron chi connectivity index (χ3n) is 6.49. The first kappa shape index (κ1) is 24.1. The molecule has 1 aliphatic heterocycles. The molecule has 0 saturated carbocycles. The summed E-state index contributed by atoms with van der Waals surface area (Å²) in [5.41, 5.74) is 3.37. The van der Waals surface area contributed by atoms with E-state index in [2.05, 4.69) is 34.4 Å². The normalized spacial score (nSPS) is 18.3. The zero-order chi connectivity index (χ0) is 25.4. The van der Waals surface area contributed by atoms with Gasteiger partial charge in [0.15, 0.2) is 10.9 Å². The summed E-state index contributed by atoms with van der Waals surface area (Å²) in [4.78, 5) is 46.5. The highest BCUT2D eigenvalue weighted by atomic mass is 32.2. The Bertz CT molecular complexity index is 1400. The molecule has 2 aromatic heterocycles. The number of hydrogen-bond acceptors (Lipinski definition) is 7. The molecule has 5 rings (SSSR count). The lowest BCUT2D eigenvalue weighted by Crippen LogP contribution is -2.37. The Morgan fingerprint density at radius 3 is 2.69 bits per heavy atom. The number of anilines is 1. The number of thioether (sulfide) groups is 1. The maximum Gasteiger partial charge on any atom is 0.257 e. The van der Waals surface area contributed by atoms with Gasteiger partial charge in [0.2, 0.25) is 5.91 Å². The third-order valence-corrected chi connectivity index (χ3v) is 7.36. The zero-order valence-corrected chi connectivity index (χ0v) is 21.3. The van der Waals surface area contributed by atoms with Crippen LogP contribution in [0.15, 0.2) is 68.3 Å². The fourth-order valence-corrected chi connectivity index (χ4v) is 5.53. The van der Waals surface area contributed by atoms with Crippen LogP contribution < -0.4 is 16.2 Å². The van der Waals surface area contributed by atoms with Gasteiger partial charge in [-0.15, -0.1) is 0 Å². The van der Waals surface area contributed by atoms with E-state index in [0.717, 1.165) is 28.6 Å². The molecule has 0 bridgehead atoms. The highest BCUT2D eigenvalue weighted by Crippen LogP contribution is 2.47. The topological polar surface area (TPSA) is 117 Å². The van der Waals surface area contributed by atoms with Crippen molar-refractivity contribution in [2.45, 2.75) is 51.2 Å². The van der Waals surface area contributed by atoms with Gasteiger partial charge in [0, 0.05) is 23.6 Å². The number of nitrogens with one attached hydrogen (secondary N) is 3. The van der Waals surface area contributed by atoms with Gasteiger partial charge in [-0.2, -0.15) is 0 Å². The highest BCUT2D eigenvalue weighted by molar-refractivity contribution is 7.99. The maximum absolute atomic E-state index is 13.4. The lowest BCUT2D eigenvalue weighted by atomic mass is 9.69. The number of benzene rings is 1. The second-order valence-corrected chi connectivity index (χ2v) is 11.0. The number of amides is 1. The van der Waals surface area contributed by atoms with Crippen molar-refractivity contribution in [3.63, 3.8) is 0 Å². The maximum atomic E-state index is 13.4. The van der Waals surface area contributed by atoms with E-state index in [-0.39, 0.29) is 28.4 Å². The van der Waals surface area contributed by atoms with E-state index in [9.17, 15) is 14.4 Å². The molecule has 3 aromatic rings. The van der Waals surface area contributed by atoms with Crippen LogP contribution in [0.3, 0.4) is 0 Å². The van der Waals surface area contributed by atoms with E-state index in [1.165, 1.54) is 0 Å². The average molecular weight is 505 g/mol. The molecule has 9 heteroatoms. The van der Waals surface area contributed by atoms with Crippen molar-refractivity contribution in [3.8, 4) is 0 Å². The number of carbonyl (C=O) groups is 2. The van der Waals surface area contributed by atoms with Gasteiger partial charge in [0.1, 0.15) is 11.6 Å². The summed E-state index contributed by atoms with van der Waals surface area (Å²) in [5.74, 6) is 0.542. The van der Waals surface area contributed by atoms with Gasteiger partial charge in [-0.05, 0) is 36.5 Å². The van der Waals surface area contributed by atoms with Gasteiger partial charge in [-0.1, -0.05) is 55.4 Å². The van der Waals surface area contributed by atoms with Crippen LogP contribution >= 0.6 is 11.8 Å². The number of aromatic amines is 1. The molecule has 186 valence electrons. The van der Waals surface area contributed by atoms with Crippen molar-refractivity contribution in [2.75, 3.05) is 11.1 Å². The second-order valence-electron chi connectivity index (χ2n) is 10.1. The van der Waals surface area contributed by atoms with E-state index in [1.54, 1.807) is 18.4 Å². The van der Waals surface area contributed by atoms with Crippen LogP contribution in [-0.4, -0.2) is 27.4 Å². The SMILES string of the molecule is Cc1ccc([C@@H]2C3=C(CC(C)(C)CC3=O)Nc3nc(SCC(=O)NCc4ccco4)[nH]c(=O)c32)cc1. The summed E-state index contributed by atoms with van der Waals surface area (Å²) in [7, 11) is 0. The van der Waals surface area contributed by atoms with E-state index in [4.69, 9.17) is 4.42 Å². The highest BCUT2D eigenvalue weighted by Gasteiger charge is 2.42. The molecule has 1 atom stereocenters. The van der Waals surface area contributed by atoms with Crippen LogP contribution in [0.25, 0.3) is 0 Å². The van der Waals surface area contributed by atoms with E-state index >= 15 is 0 Å². The van der Waals surface area contributed by atoms with E-state index < -0.39 is 5.92 Å². The van der Waals surface area contributed by atoms with Crippen LogP contribution in [-0.2, 0) is 16.1 Å². The lowest BCUT2D eigenvalue weighted by molar-refractivity contribution is -0.119. The van der Waals surface area contributed by atoms with Gasteiger partial charge in [-0.3, -0.25) is 14.4 Å². The molecule has 0 saturated heterocycles. The third kappa shape index (κ3) is 4.88. The Balaban J connectivity index is 1.45. The molecule has 2 aliphatic rings. The van der Waals surface area contributed by atoms with Gasteiger partial charge < -0.3 is 20.0 Å². The number of rotatable bonds is 6. The molecule has 36 heavy (non-hydrogen) atoms. The number of aromatic nitrogens is 2. The summed E-state index contributed by atoms with van der Waals surface area (Å²) in [5, 5.41) is 6.43. The molecule has 1 aliphatic carbocycles. The number of fused-ring (bicyclic) bond motifs is 1. The largest absolute Gasteiger partial charge is 0.467 e. The second kappa shape index (κ2) is 9.46. The Hall–Kier alpha value is -3.59. The number of furan rings is 1. The van der Waals surface area contributed by atoms with Crippen molar-refractivity contribution in [3.05, 3.63) is 86.7 Å². The monoisotopic (exact) mass is 504 g/mol. The van der Waals surface area contributed by atoms with Gasteiger partial charge >= 0.3 is 0 Å². The molecular weight excluding hydrogens is 476 g/mol. The number of hydrogen-bond donors (Lipinski definition) is 3. The summed E-state index contributed by atoms with van der Waals surface area (Å²) in [6.07, 6.45) is 2.66. The average Bonchev–Trinajstić information content (AvgIpc) is 3.33. The number of nitrogens with zero attached hydrogens (tertiary/aromatic N) is 1. The van der Waals surface area contributed by atoms with E-state index in [0.29, 0.717) is 47.3 Å². The van der Waals surface area contributed by atoms with Crippen LogP contribution in [0.2, 0.25) is 0 Å². The molecule has 0 unspecified atom stereocenters. The van der Waals surface area contributed by atoms with Crippen molar-refractivity contribution >= 4 is 29.3 Å². The van der Waals surface area contributed by atoms with Crippen LogP contribution in [0.5, 0.6) is 0 Å². The smallest absolute Gasteiger partial charge is 0.257 e. The molecule has 0 spiro atoms. The lowest BCUT2D eigenvalue weighted by Gasteiger charge is -2.38. The summed E-state index contributed by atoms with van der Waals surface area (Å²) < 4.78 is 5.23. The first-order valence-corrected chi connectivity index (χ1v) is 12.8. The molecule has 1 aromatic carbocycles. The minimum atomic E-state index is -0.493. The number of H-pyrrole nitrogens is 1. The van der Waals surface area contributed by atoms with Crippen LogP contribution in [0.1, 0.15) is 55.1 Å². The summed E-state index contributed by atoms with van der Waals surface area (Å²) in [6.45, 7) is 6.43. The quantitative estimate of drug-likeness (QED) is 0.339. The molecule has 3 N–H and O–H groups in total. The fourth-order valence-electron chi connectivity index (χ4n) is 4.84.